The summed E-state index contributed by atoms with van der Waals surface area (Å²) in [4.78, 5) is 4.36. The van der Waals surface area contributed by atoms with Crippen molar-refractivity contribution in [2.45, 2.75) is 13.0 Å². The Hall–Kier alpha value is -0.940. The fraction of sp³-hybridized carbons (Fsp3) is 0.308. The number of fused-ring (bicyclic) bond motifs is 1. The zero-order chi connectivity index (χ0) is 13.1. The highest BCUT2D eigenvalue weighted by atomic mass is 79.9. The van der Waals surface area contributed by atoms with Crippen molar-refractivity contribution < 1.29 is 4.21 Å². The number of rotatable bonds is 4. The summed E-state index contributed by atoms with van der Waals surface area (Å²) in [6.45, 7) is 2.01. The maximum Gasteiger partial charge on any atom is 0.134 e. The van der Waals surface area contributed by atoms with Crippen LogP contribution in [0, 0.1) is 0 Å². The molecule has 5 heteroatoms. The molecule has 0 spiro atoms. The molecule has 2 atom stereocenters. The van der Waals surface area contributed by atoms with E-state index in [1.807, 2.05) is 31.2 Å². The fourth-order valence-electron chi connectivity index (χ4n) is 1.91. The molecule has 1 heterocycles. The van der Waals surface area contributed by atoms with Crippen molar-refractivity contribution in [3.05, 3.63) is 34.9 Å². The first-order valence-corrected chi connectivity index (χ1v) is 8.19. The Balaban J connectivity index is 2.34. The van der Waals surface area contributed by atoms with E-state index in [1.165, 1.54) is 0 Å². The topological polar surface area (TPSA) is 42.0 Å². The normalized spacial score (nSPS) is 14.4. The van der Waals surface area contributed by atoms with E-state index in [2.05, 4.69) is 26.2 Å². The van der Waals surface area contributed by atoms with Gasteiger partial charge < -0.3 is 5.32 Å². The van der Waals surface area contributed by atoms with E-state index in [9.17, 15) is 4.21 Å². The Bertz CT molecular complexity index is 588. The van der Waals surface area contributed by atoms with Gasteiger partial charge in [-0.2, -0.15) is 0 Å². The molecule has 2 rings (SSSR count). The van der Waals surface area contributed by atoms with Gasteiger partial charge in [0.15, 0.2) is 0 Å². The standard InChI is InChI=1S/C13H15BrN2OS/c1-9(8-18(2)17)16-13-11-4-3-5-12(14)10(11)6-7-15-13/h3-7,9H,8H2,1-2H3,(H,15,16). The van der Waals surface area contributed by atoms with Crippen LogP contribution < -0.4 is 5.32 Å². The maximum absolute atomic E-state index is 11.2. The van der Waals surface area contributed by atoms with E-state index in [-0.39, 0.29) is 6.04 Å². The van der Waals surface area contributed by atoms with E-state index in [0.717, 1.165) is 21.1 Å². The van der Waals surface area contributed by atoms with Crippen LogP contribution in [0.4, 0.5) is 5.82 Å². The lowest BCUT2D eigenvalue weighted by molar-refractivity contribution is 0.683. The van der Waals surface area contributed by atoms with Crippen molar-refractivity contribution in [1.29, 1.82) is 0 Å². The molecule has 0 bridgehead atoms. The van der Waals surface area contributed by atoms with Crippen LogP contribution in [-0.2, 0) is 10.8 Å². The first-order chi connectivity index (χ1) is 8.58. The lowest BCUT2D eigenvalue weighted by atomic mass is 10.1. The molecule has 3 nitrogen and oxygen atoms in total. The van der Waals surface area contributed by atoms with Crippen LogP contribution in [0.3, 0.4) is 0 Å². The molecule has 0 aliphatic carbocycles. The number of hydrogen-bond donors (Lipinski definition) is 1. The molecule has 1 aromatic carbocycles. The third-order valence-corrected chi connectivity index (χ3v) is 4.28. The quantitative estimate of drug-likeness (QED) is 0.938. The van der Waals surface area contributed by atoms with Gasteiger partial charge in [-0.15, -0.1) is 0 Å². The Morgan fingerprint density at radius 3 is 2.89 bits per heavy atom. The van der Waals surface area contributed by atoms with Crippen LogP contribution in [0.25, 0.3) is 10.8 Å². The average Bonchev–Trinajstić information content (AvgIpc) is 2.29. The van der Waals surface area contributed by atoms with Crippen molar-refractivity contribution >= 4 is 43.3 Å². The van der Waals surface area contributed by atoms with Crippen molar-refractivity contribution in [2.24, 2.45) is 0 Å². The van der Waals surface area contributed by atoms with E-state index in [4.69, 9.17) is 0 Å². The van der Waals surface area contributed by atoms with E-state index in [0.29, 0.717) is 5.75 Å². The minimum Gasteiger partial charge on any atom is -0.366 e. The molecule has 0 saturated heterocycles. The van der Waals surface area contributed by atoms with Crippen LogP contribution in [0.1, 0.15) is 6.92 Å². The molecule has 0 aliphatic heterocycles. The Morgan fingerprint density at radius 2 is 2.17 bits per heavy atom. The van der Waals surface area contributed by atoms with E-state index in [1.54, 1.807) is 12.5 Å². The molecule has 2 unspecified atom stereocenters. The van der Waals surface area contributed by atoms with E-state index >= 15 is 0 Å². The summed E-state index contributed by atoms with van der Waals surface area (Å²) in [6, 6.07) is 8.14. The second kappa shape index (κ2) is 5.80. The van der Waals surface area contributed by atoms with Gasteiger partial charge in [-0.25, -0.2) is 4.98 Å². The zero-order valence-electron chi connectivity index (χ0n) is 10.3. The van der Waals surface area contributed by atoms with Gasteiger partial charge in [-0.3, -0.25) is 4.21 Å². The predicted octanol–water partition coefficient (Wildman–Crippen LogP) is 3.18. The predicted molar refractivity (Wildman–Crippen MR) is 81.5 cm³/mol. The van der Waals surface area contributed by atoms with Crippen LogP contribution in [0.2, 0.25) is 0 Å². The summed E-state index contributed by atoms with van der Waals surface area (Å²) in [5, 5.41) is 5.51. The van der Waals surface area contributed by atoms with Gasteiger partial charge in [0.2, 0.25) is 0 Å². The van der Waals surface area contributed by atoms with Gasteiger partial charge in [0.25, 0.3) is 0 Å². The smallest absolute Gasteiger partial charge is 0.134 e. The molecular weight excluding hydrogens is 312 g/mol. The second-order valence-electron chi connectivity index (χ2n) is 4.28. The van der Waals surface area contributed by atoms with Crippen molar-refractivity contribution in [2.75, 3.05) is 17.3 Å². The fourth-order valence-corrected chi connectivity index (χ4v) is 3.20. The second-order valence-corrected chi connectivity index (χ2v) is 6.61. The molecule has 18 heavy (non-hydrogen) atoms. The van der Waals surface area contributed by atoms with Gasteiger partial charge in [0.05, 0.1) is 0 Å². The van der Waals surface area contributed by atoms with Crippen molar-refractivity contribution in [3.8, 4) is 0 Å². The molecule has 0 fully saturated rings. The van der Waals surface area contributed by atoms with E-state index < -0.39 is 10.8 Å². The Kier molecular flexibility index (Phi) is 4.35. The van der Waals surface area contributed by atoms with Gasteiger partial charge in [0, 0.05) is 50.3 Å². The number of benzene rings is 1. The van der Waals surface area contributed by atoms with Gasteiger partial charge in [-0.05, 0) is 19.1 Å². The molecular formula is C13H15BrN2OS. The lowest BCUT2D eigenvalue weighted by Crippen LogP contribution is -2.22. The molecule has 0 radical (unpaired) electrons. The highest BCUT2D eigenvalue weighted by Gasteiger charge is 2.09. The minimum atomic E-state index is -0.807. The molecule has 96 valence electrons. The first-order valence-electron chi connectivity index (χ1n) is 5.67. The Morgan fingerprint density at radius 1 is 1.39 bits per heavy atom. The van der Waals surface area contributed by atoms with Gasteiger partial charge in [-0.1, -0.05) is 28.1 Å². The molecule has 1 N–H and O–H groups in total. The van der Waals surface area contributed by atoms with Gasteiger partial charge >= 0.3 is 0 Å². The summed E-state index contributed by atoms with van der Waals surface area (Å²) >= 11 is 3.53. The monoisotopic (exact) mass is 326 g/mol. The first kappa shape index (κ1) is 13.5. The van der Waals surface area contributed by atoms with Crippen LogP contribution >= 0.6 is 15.9 Å². The number of anilines is 1. The average molecular weight is 327 g/mol. The molecule has 2 aromatic rings. The third kappa shape index (κ3) is 3.09. The molecule has 0 saturated carbocycles. The van der Waals surface area contributed by atoms with Crippen LogP contribution in [0.5, 0.6) is 0 Å². The summed E-state index contributed by atoms with van der Waals surface area (Å²) < 4.78 is 12.3. The minimum absolute atomic E-state index is 0.132. The number of nitrogens with zero attached hydrogens (tertiary/aromatic N) is 1. The maximum atomic E-state index is 11.2. The summed E-state index contributed by atoms with van der Waals surface area (Å²) in [5.41, 5.74) is 0. The van der Waals surface area contributed by atoms with Crippen molar-refractivity contribution in [3.63, 3.8) is 0 Å². The Labute approximate surface area is 118 Å². The van der Waals surface area contributed by atoms with Crippen LogP contribution in [0.15, 0.2) is 34.9 Å². The highest BCUT2D eigenvalue weighted by molar-refractivity contribution is 9.10. The lowest BCUT2D eigenvalue weighted by Gasteiger charge is -2.15. The summed E-state index contributed by atoms with van der Waals surface area (Å²) in [7, 11) is -0.807. The number of halogens is 1. The summed E-state index contributed by atoms with van der Waals surface area (Å²) in [5.74, 6) is 1.46. The number of pyridine rings is 1. The third-order valence-electron chi connectivity index (χ3n) is 2.62. The molecule has 0 amide bonds. The zero-order valence-corrected chi connectivity index (χ0v) is 12.7. The highest BCUT2D eigenvalue weighted by Crippen LogP contribution is 2.27. The number of hydrogen-bond acceptors (Lipinski definition) is 3. The van der Waals surface area contributed by atoms with Crippen molar-refractivity contribution in [1.82, 2.24) is 4.98 Å². The van der Waals surface area contributed by atoms with Gasteiger partial charge in [0.1, 0.15) is 5.82 Å². The number of nitrogens with one attached hydrogen (secondary N) is 1. The number of aromatic nitrogens is 1. The summed E-state index contributed by atoms with van der Waals surface area (Å²) in [6.07, 6.45) is 3.50. The molecule has 1 aromatic heterocycles. The largest absolute Gasteiger partial charge is 0.366 e. The molecule has 0 aliphatic rings. The SMILES string of the molecule is CC(CS(C)=O)Nc1nccc2c(Br)cccc12. The van der Waals surface area contributed by atoms with Crippen LogP contribution in [-0.4, -0.2) is 27.2 Å².